The van der Waals surface area contributed by atoms with E-state index in [-0.39, 0.29) is 36.3 Å². The van der Waals surface area contributed by atoms with Gasteiger partial charge in [-0.25, -0.2) is 4.79 Å². The van der Waals surface area contributed by atoms with Gasteiger partial charge in [0.05, 0.1) is 11.3 Å². The Balaban J connectivity index is 2.56. The van der Waals surface area contributed by atoms with E-state index in [0.717, 1.165) is 25.7 Å². The topological polar surface area (TPSA) is 84.5 Å². The first-order chi connectivity index (χ1) is 13.4. The SMILES string of the molecule is CCC[C@H](C)NC(=O)COC(=O)c1ccccc1SCC(=O)N[C@@H](C)CCC. The maximum atomic E-state index is 12.4. The van der Waals surface area contributed by atoms with Gasteiger partial charge in [0.15, 0.2) is 6.61 Å². The summed E-state index contributed by atoms with van der Waals surface area (Å²) in [6.45, 7) is 7.69. The second kappa shape index (κ2) is 13.2. The van der Waals surface area contributed by atoms with Crippen molar-refractivity contribution < 1.29 is 19.1 Å². The molecule has 0 bridgehead atoms. The lowest BCUT2D eigenvalue weighted by atomic mass is 10.2. The number of amides is 2. The first-order valence-corrected chi connectivity index (χ1v) is 10.8. The van der Waals surface area contributed by atoms with Crippen molar-refractivity contribution in [2.24, 2.45) is 0 Å². The number of thioether (sulfide) groups is 1. The summed E-state index contributed by atoms with van der Waals surface area (Å²) in [5.74, 6) is -0.740. The molecule has 0 saturated heterocycles. The molecule has 28 heavy (non-hydrogen) atoms. The first kappa shape index (κ1) is 24.0. The van der Waals surface area contributed by atoms with Crippen LogP contribution in [0.2, 0.25) is 0 Å². The second-order valence-electron chi connectivity index (χ2n) is 6.88. The summed E-state index contributed by atoms with van der Waals surface area (Å²) in [4.78, 5) is 37.0. The molecule has 0 aliphatic carbocycles. The van der Waals surface area contributed by atoms with Crippen molar-refractivity contribution in [3.63, 3.8) is 0 Å². The molecule has 156 valence electrons. The van der Waals surface area contributed by atoms with Crippen LogP contribution in [-0.4, -0.2) is 42.2 Å². The van der Waals surface area contributed by atoms with Gasteiger partial charge in [-0.3, -0.25) is 9.59 Å². The molecule has 0 heterocycles. The fourth-order valence-corrected chi connectivity index (χ4v) is 3.61. The predicted octanol–water partition coefficient (Wildman–Crippen LogP) is 3.55. The Morgan fingerprint density at radius 1 is 0.964 bits per heavy atom. The third-order valence-electron chi connectivity index (χ3n) is 4.06. The van der Waals surface area contributed by atoms with Crippen LogP contribution >= 0.6 is 11.8 Å². The molecular formula is C21H32N2O4S. The lowest BCUT2D eigenvalue weighted by Gasteiger charge is -2.14. The number of esters is 1. The van der Waals surface area contributed by atoms with E-state index in [4.69, 9.17) is 4.74 Å². The van der Waals surface area contributed by atoms with Gasteiger partial charge in [0, 0.05) is 17.0 Å². The van der Waals surface area contributed by atoms with Crippen molar-refractivity contribution in [2.75, 3.05) is 12.4 Å². The average molecular weight is 409 g/mol. The van der Waals surface area contributed by atoms with Crippen molar-refractivity contribution in [1.29, 1.82) is 0 Å². The molecule has 0 fully saturated rings. The van der Waals surface area contributed by atoms with Gasteiger partial charge in [-0.05, 0) is 38.8 Å². The number of nitrogens with one attached hydrogen (secondary N) is 2. The van der Waals surface area contributed by atoms with Crippen molar-refractivity contribution in [3.05, 3.63) is 29.8 Å². The number of ether oxygens (including phenoxy) is 1. The third kappa shape index (κ3) is 9.26. The van der Waals surface area contributed by atoms with Gasteiger partial charge in [0.2, 0.25) is 5.91 Å². The summed E-state index contributed by atoms with van der Waals surface area (Å²) >= 11 is 1.28. The highest BCUT2D eigenvalue weighted by atomic mass is 32.2. The fraction of sp³-hybridized carbons (Fsp3) is 0.571. The summed E-state index contributed by atoms with van der Waals surface area (Å²) in [6.07, 6.45) is 3.78. The van der Waals surface area contributed by atoms with Gasteiger partial charge in [-0.15, -0.1) is 11.8 Å². The van der Waals surface area contributed by atoms with Gasteiger partial charge in [0.1, 0.15) is 0 Å². The molecule has 7 heteroatoms. The van der Waals surface area contributed by atoms with Crippen LogP contribution in [0.15, 0.2) is 29.2 Å². The smallest absolute Gasteiger partial charge is 0.339 e. The number of benzene rings is 1. The molecule has 2 amide bonds. The van der Waals surface area contributed by atoms with Gasteiger partial charge < -0.3 is 15.4 Å². The molecule has 6 nitrogen and oxygen atoms in total. The van der Waals surface area contributed by atoms with E-state index in [2.05, 4.69) is 17.6 Å². The molecule has 1 aromatic carbocycles. The zero-order valence-electron chi connectivity index (χ0n) is 17.2. The van der Waals surface area contributed by atoms with Gasteiger partial charge in [-0.1, -0.05) is 38.8 Å². The van der Waals surface area contributed by atoms with Crippen molar-refractivity contribution in [3.8, 4) is 0 Å². The number of carbonyl (C=O) groups is 3. The van der Waals surface area contributed by atoms with Gasteiger partial charge in [-0.2, -0.15) is 0 Å². The van der Waals surface area contributed by atoms with Crippen LogP contribution in [-0.2, 0) is 14.3 Å². The Bertz CT molecular complexity index is 651. The third-order valence-corrected chi connectivity index (χ3v) is 5.13. The van der Waals surface area contributed by atoms with Crippen LogP contribution in [0.1, 0.15) is 63.7 Å². The highest BCUT2D eigenvalue weighted by molar-refractivity contribution is 8.00. The maximum Gasteiger partial charge on any atom is 0.339 e. The number of carbonyl (C=O) groups excluding carboxylic acids is 3. The lowest BCUT2D eigenvalue weighted by molar-refractivity contribution is -0.125. The first-order valence-electron chi connectivity index (χ1n) is 9.85. The molecule has 0 saturated carbocycles. The van der Waals surface area contributed by atoms with Crippen LogP contribution in [0.4, 0.5) is 0 Å². The Morgan fingerprint density at radius 3 is 2.14 bits per heavy atom. The van der Waals surface area contributed by atoms with Crippen LogP contribution in [0, 0.1) is 0 Å². The number of hydrogen-bond acceptors (Lipinski definition) is 5. The summed E-state index contributed by atoms with van der Waals surface area (Å²) < 4.78 is 5.15. The zero-order chi connectivity index (χ0) is 20.9. The summed E-state index contributed by atoms with van der Waals surface area (Å²) in [6, 6.07) is 7.12. The highest BCUT2D eigenvalue weighted by Gasteiger charge is 2.16. The standard InChI is InChI=1S/C21H32N2O4S/c1-5-9-15(3)22-19(24)13-27-21(26)17-11-7-8-12-18(17)28-14-20(25)23-16(4)10-6-2/h7-8,11-12,15-16H,5-6,9-10,13-14H2,1-4H3,(H,22,24)(H,23,25)/t15-,16-/m0/s1. The molecule has 0 radical (unpaired) electrons. The molecule has 0 aliphatic rings. The normalized spacial score (nSPS) is 12.7. The Morgan fingerprint density at radius 2 is 1.54 bits per heavy atom. The fourth-order valence-electron chi connectivity index (χ4n) is 2.76. The Labute approximate surface area is 172 Å². The minimum Gasteiger partial charge on any atom is -0.452 e. The summed E-state index contributed by atoms with van der Waals surface area (Å²) in [7, 11) is 0. The quantitative estimate of drug-likeness (QED) is 0.408. The largest absolute Gasteiger partial charge is 0.452 e. The Kier molecular flexibility index (Phi) is 11.3. The zero-order valence-corrected chi connectivity index (χ0v) is 18.1. The minimum atomic E-state index is -0.568. The van der Waals surface area contributed by atoms with Crippen molar-refractivity contribution in [1.82, 2.24) is 10.6 Å². The van der Waals surface area contributed by atoms with E-state index in [9.17, 15) is 14.4 Å². The molecule has 1 aromatic rings. The maximum absolute atomic E-state index is 12.4. The van der Waals surface area contributed by atoms with Crippen LogP contribution in [0.5, 0.6) is 0 Å². The predicted molar refractivity (Wildman–Crippen MR) is 112 cm³/mol. The number of rotatable bonds is 12. The van der Waals surface area contributed by atoms with Gasteiger partial charge in [0.25, 0.3) is 5.91 Å². The molecule has 2 N–H and O–H groups in total. The minimum absolute atomic E-state index is 0.0488. The lowest BCUT2D eigenvalue weighted by Crippen LogP contribution is -2.35. The number of hydrogen-bond donors (Lipinski definition) is 2. The average Bonchev–Trinajstić information content (AvgIpc) is 2.65. The van der Waals surface area contributed by atoms with Gasteiger partial charge >= 0.3 is 5.97 Å². The Hall–Kier alpha value is -2.02. The van der Waals surface area contributed by atoms with E-state index in [0.29, 0.717) is 10.5 Å². The molecule has 2 atom stereocenters. The van der Waals surface area contributed by atoms with Crippen LogP contribution in [0.3, 0.4) is 0 Å². The van der Waals surface area contributed by atoms with Crippen LogP contribution in [0.25, 0.3) is 0 Å². The van der Waals surface area contributed by atoms with E-state index in [1.54, 1.807) is 24.3 Å². The molecule has 0 spiro atoms. The van der Waals surface area contributed by atoms with E-state index in [1.165, 1.54) is 11.8 Å². The highest BCUT2D eigenvalue weighted by Crippen LogP contribution is 2.23. The summed E-state index contributed by atoms with van der Waals surface area (Å²) in [5.41, 5.74) is 0.358. The molecule has 0 aliphatic heterocycles. The molecule has 1 rings (SSSR count). The monoisotopic (exact) mass is 408 g/mol. The van der Waals surface area contributed by atoms with Crippen molar-refractivity contribution in [2.45, 2.75) is 70.4 Å². The van der Waals surface area contributed by atoms with E-state index < -0.39 is 5.97 Å². The van der Waals surface area contributed by atoms with E-state index >= 15 is 0 Å². The van der Waals surface area contributed by atoms with Crippen molar-refractivity contribution >= 4 is 29.5 Å². The van der Waals surface area contributed by atoms with E-state index in [1.807, 2.05) is 20.8 Å². The second-order valence-corrected chi connectivity index (χ2v) is 7.89. The van der Waals surface area contributed by atoms with Crippen LogP contribution < -0.4 is 10.6 Å². The molecular weight excluding hydrogens is 376 g/mol. The summed E-state index contributed by atoms with van der Waals surface area (Å²) in [5, 5.41) is 5.74. The molecule has 0 aromatic heterocycles. The molecule has 0 unspecified atom stereocenters.